The van der Waals surface area contributed by atoms with Crippen LogP contribution in [0.3, 0.4) is 0 Å². The molecule has 0 spiro atoms. The molecule has 0 radical (unpaired) electrons. The number of aromatic nitrogens is 2. The van der Waals surface area contributed by atoms with E-state index in [1.807, 2.05) is 31.2 Å². The van der Waals surface area contributed by atoms with Gasteiger partial charge in [-0.25, -0.2) is 4.98 Å². The van der Waals surface area contributed by atoms with E-state index < -0.39 is 0 Å². The number of nitrogens with zero attached hydrogens (tertiary/aromatic N) is 3. The summed E-state index contributed by atoms with van der Waals surface area (Å²) in [6.45, 7) is 1.81. The molecule has 0 saturated heterocycles. The van der Waals surface area contributed by atoms with E-state index in [2.05, 4.69) is 32.7 Å². The van der Waals surface area contributed by atoms with Crippen molar-refractivity contribution in [3.8, 4) is 0 Å². The van der Waals surface area contributed by atoms with Crippen molar-refractivity contribution >= 4 is 34.1 Å². The van der Waals surface area contributed by atoms with Gasteiger partial charge in [-0.1, -0.05) is 12.1 Å². The van der Waals surface area contributed by atoms with Crippen molar-refractivity contribution in [3.05, 3.63) is 36.2 Å². The van der Waals surface area contributed by atoms with Crippen molar-refractivity contribution in [1.29, 1.82) is 0 Å². The van der Waals surface area contributed by atoms with E-state index in [0.717, 1.165) is 11.0 Å². The molecule has 0 aliphatic carbocycles. The molecule has 0 fully saturated rings. The highest BCUT2D eigenvalue weighted by Gasteiger charge is 2.02. The summed E-state index contributed by atoms with van der Waals surface area (Å²) in [7, 11) is 0. The van der Waals surface area contributed by atoms with Gasteiger partial charge in [0.2, 0.25) is 0 Å². The number of para-hydroxylation sites is 2. The molecular weight excluding hydrogens is 234 g/mol. The van der Waals surface area contributed by atoms with Crippen LogP contribution >= 0.6 is 12.2 Å². The fourth-order valence-corrected chi connectivity index (χ4v) is 1.37. The number of hydrogen-bond donors (Lipinski definition) is 2. The Kier molecular flexibility index (Phi) is 3.24. The average Bonchev–Trinajstić information content (AvgIpc) is 2.35. The number of benzene rings is 1. The van der Waals surface area contributed by atoms with Crippen LogP contribution in [0.15, 0.2) is 35.6 Å². The quantitative estimate of drug-likeness (QED) is 0.472. The Hall–Kier alpha value is -2.08. The van der Waals surface area contributed by atoms with E-state index in [-0.39, 0.29) is 5.11 Å². The molecule has 0 unspecified atom stereocenters. The van der Waals surface area contributed by atoms with E-state index >= 15 is 0 Å². The van der Waals surface area contributed by atoms with Crippen LogP contribution in [-0.4, -0.2) is 20.8 Å². The normalized spacial score (nSPS) is 11.5. The molecule has 1 aromatic heterocycles. The van der Waals surface area contributed by atoms with Crippen molar-refractivity contribution in [2.24, 2.45) is 10.8 Å². The Morgan fingerprint density at radius 2 is 2.06 bits per heavy atom. The monoisotopic (exact) mass is 245 g/mol. The molecule has 0 amide bonds. The maximum absolute atomic E-state index is 5.29. The van der Waals surface area contributed by atoms with Crippen molar-refractivity contribution in [2.75, 3.05) is 0 Å². The highest BCUT2D eigenvalue weighted by atomic mass is 32.1. The molecule has 0 aliphatic heterocycles. The number of hydrogen-bond acceptors (Lipinski definition) is 4. The summed E-state index contributed by atoms with van der Waals surface area (Å²) in [5.41, 5.74) is 10.9. The van der Waals surface area contributed by atoms with E-state index in [1.165, 1.54) is 0 Å². The van der Waals surface area contributed by atoms with E-state index in [0.29, 0.717) is 11.4 Å². The minimum Gasteiger partial charge on any atom is -0.375 e. The number of fused-ring (bicyclic) bond motifs is 1. The minimum absolute atomic E-state index is 0.123. The van der Waals surface area contributed by atoms with Crippen LogP contribution in [0, 0.1) is 0 Å². The Balaban J connectivity index is 2.36. The fourth-order valence-electron chi connectivity index (χ4n) is 1.33. The minimum atomic E-state index is 0.123. The molecule has 0 atom stereocenters. The Bertz CT molecular complexity index is 593. The van der Waals surface area contributed by atoms with E-state index in [1.54, 1.807) is 6.20 Å². The number of hydrazone groups is 1. The van der Waals surface area contributed by atoms with Crippen molar-refractivity contribution in [2.45, 2.75) is 6.92 Å². The molecule has 86 valence electrons. The second kappa shape index (κ2) is 4.84. The van der Waals surface area contributed by atoms with E-state index in [4.69, 9.17) is 5.73 Å². The highest BCUT2D eigenvalue weighted by molar-refractivity contribution is 7.80. The van der Waals surface area contributed by atoms with Crippen LogP contribution in [-0.2, 0) is 0 Å². The Morgan fingerprint density at radius 1 is 1.35 bits per heavy atom. The lowest BCUT2D eigenvalue weighted by Gasteiger charge is -2.02. The SMILES string of the molecule is CC(=NNC(N)=S)c1cnc2ccccc2n1. The lowest BCUT2D eigenvalue weighted by atomic mass is 10.2. The van der Waals surface area contributed by atoms with Crippen LogP contribution in [0.25, 0.3) is 11.0 Å². The number of thiocarbonyl (C=S) groups is 1. The number of nitrogens with two attached hydrogens (primary N) is 1. The van der Waals surface area contributed by atoms with Gasteiger partial charge in [0.05, 0.1) is 22.9 Å². The highest BCUT2D eigenvalue weighted by Crippen LogP contribution is 2.08. The van der Waals surface area contributed by atoms with Gasteiger partial charge in [-0.05, 0) is 31.3 Å². The smallest absolute Gasteiger partial charge is 0.184 e. The van der Waals surface area contributed by atoms with Crippen molar-refractivity contribution < 1.29 is 0 Å². The van der Waals surface area contributed by atoms with Crippen LogP contribution < -0.4 is 11.2 Å². The van der Waals surface area contributed by atoms with Gasteiger partial charge in [0.1, 0.15) is 5.69 Å². The summed E-state index contributed by atoms with van der Waals surface area (Å²) in [5.74, 6) is 0. The molecule has 5 nitrogen and oxygen atoms in total. The molecule has 1 heterocycles. The topological polar surface area (TPSA) is 76.2 Å². The third-order valence-corrected chi connectivity index (χ3v) is 2.24. The molecule has 2 rings (SSSR count). The molecule has 2 aromatic rings. The zero-order valence-electron chi connectivity index (χ0n) is 9.21. The fraction of sp³-hybridized carbons (Fsp3) is 0.0909. The third kappa shape index (κ3) is 2.73. The van der Waals surface area contributed by atoms with Gasteiger partial charge in [-0.15, -0.1) is 0 Å². The van der Waals surface area contributed by atoms with Crippen LogP contribution in [0.2, 0.25) is 0 Å². The van der Waals surface area contributed by atoms with Gasteiger partial charge in [0.15, 0.2) is 5.11 Å². The van der Waals surface area contributed by atoms with Gasteiger partial charge in [0.25, 0.3) is 0 Å². The molecule has 17 heavy (non-hydrogen) atoms. The number of rotatable bonds is 2. The first-order valence-corrected chi connectivity index (χ1v) is 5.39. The molecule has 1 aromatic carbocycles. The van der Waals surface area contributed by atoms with Gasteiger partial charge in [0, 0.05) is 0 Å². The third-order valence-electron chi connectivity index (χ3n) is 2.15. The molecular formula is C11H11N5S. The molecule has 3 N–H and O–H groups in total. The largest absolute Gasteiger partial charge is 0.375 e. The standard InChI is InChI=1S/C11H11N5S/c1-7(15-16-11(12)17)10-6-13-8-4-2-3-5-9(8)14-10/h2-6H,1H3,(H3,12,16,17). The van der Waals surface area contributed by atoms with Crippen LogP contribution in [0.4, 0.5) is 0 Å². The summed E-state index contributed by atoms with van der Waals surface area (Å²) < 4.78 is 0. The summed E-state index contributed by atoms with van der Waals surface area (Å²) in [5, 5.41) is 4.12. The molecule has 0 aliphatic rings. The molecule has 0 bridgehead atoms. The first kappa shape index (κ1) is 11.4. The van der Waals surface area contributed by atoms with Gasteiger partial charge in [-0.3, -0.25) is 10.4 Å². The molecule has 0 saturated carbocycles. The van der Waals surface area contributed by atoms with Gasteiger partial charge >= 0.3 is 0 Å². The Labute approximate surface area is 104 Å². The van der Waals surface area contributed by atoms with E-state index in [9.17, 15) is 0 Å². The lowest BCUT2D eigenvalue weighted by molar-refractivity contribution is 1.02. The Morgan fingerprint density at radius 3 is 2.76 bits per heavy atom. The van der Waals surface area contributed by atoms with Crippen LogP contribution in [0.1, 0.15) is 12.6 Å². The average molecular weight is 245 g/mol. The van der Waals surface area contributed by atoms with Crippen molar-refractivity contribution in [3.63, 3.8) is 0 Å². The second-order valence-electron chi connectivity index (χ2n) is 3.42. The second-order valence-corrected chi connectivity index (χ2v) is 3.86. The summed E-state index contributed by atoms with van der Waals surface area (Å²) in [6, 6.07) is 7.65. The summed E-state index contributed by atoms with van der Waals surface area (Å²) in [6.07, 6.45) is 1.67. The predicted octanol–water partition coefficient (Wildman–Crippen LogP) is 1.19. The summed E-state index contributed by atoms with van der Waals surface area (Å²) in [4.78, 5) is 8.73. The predicted molar refractivity (Wildman–Crippen MR) is 71.7 cm³/mol. The van der Waals surface area contributed by atoms with Gasteiger partial charge < -0.3 is 5.73 Å². The zero-order chi connectivity index (χ0) is 12.3. The molecule has 6 heteroatoms. The van der Waals surface area contributed by atoms with Gasteiger partial charge in [-0.2, -0.15) is 5.10 Å². The first-order valence-electron chi connectivity index (χ1n) is 4.99. The lowest BCUT2D eigenvalue weighted by Crippen LogP contribution is -2.25. The zero-order valence-corrected chi connectivity index (χ0v) is 10.0. The first-order chi connectivity index (χ1) is 8.16. The number of nitrogens with one attached hydrogen (secondary N) is 1. The summed E-state index contributed by atoms with van der Waals surface area (Å²) >= 11 is 4.66. The van der Waals surface area contributed by atoms with Crippen LogP contribution in [0.5, 0.6) is 0 Å². The maximum Gasteiger partial charge on any atom is 0.184 e. The van der Waals surface area contributed by atoms with Crippen molar-refractivity contribution in [1.82, 2.24) is 15.4 Å². The maximum atomic E-state index is 5.29.